The normalized spacial score (nSPS) is 13.6. The van der Waals surface area contributed by atoms with E-state index in [9.17, 15) is 4.79 Å². The maximum atomic E-state index is 11.8. The van der Waals surface area contributed by atoms with E-state index >= 15 is 0 Å². The van der Waals surface area contributed by atoms with Gasteiger partial charge in [0.25, 0.3) is 0 Å². The number of benzene rings is 1. The van der Waals surface area contributed by atoms with E-state index in [1.54, 1.807) is 13.8 Å². The average molecular weight is 246 g/mol. The fourth-order valence-corrected chi connectivity index (χ4v) is 2.07. The van der Waals surface area contributed by atoms with Gasteiger partial charge in [0.2, 0.25) is 0 Å². The Bertz CT molecular complexity index is 572. The molecule has 1 atom stereocenters. The summed E-state index contributed by atoms with van der Waals surface area (Å²) in [6, 6.07) is 7.49. The molecule has 0 fully saturated rings. The summed E-state index contributed by atoms with van der Waals surface area (Å²) in [5.74, 6) is -0.302. The molecule has 0 aliphatic rings. The summed E-state index contributed by atoms with van der Waals surface area (Å²) < 4.78 is 4.81. The van der Waals surface area contributed by atoms with Crippen LogP contribution >= 0.6 is 0 Å². The van der Waals surface area contributed by atoms with Gasteiger partial charge in [-0.25, -0.2) is 0 Å². The molecule has 0 amide bonds. The highest BCUT2D eigenvalue weighted by atomic mass is 16.5. The molecule has 3 N–H and O–H groups in total. The van der Waals surface area contributed by atoms with E-state index in [1.165, 1.54) is 7.11 Å². The van der Waals surface area contributed by atoms with Crippen molar-refractivity contribution >= 4 is 16.9 Å². The quantitative estimate of drug-likeness (QED) is 0.817. The highest BCUT2D eigenvalue weighted by molar-refractivity contribution is 5.81. The Kier molecular flexibility index (Phi) is 3.13. The molecule has 18 heavy (non-hydrogen) atoms. The SMILES string of the molecule is COC(=O)C(C)(C)[C@@H](N)c1ccc2[nH]ccc2c1. The second kappa shape index (κ2) is 4.46. The van der Waals surface area contributed by atoms with Crippen molar-refractivity contribution in [1.29, 1.82) is 0 Å². The second-order valence-electron chi connectivity index (χ2n) is 5.02. The van der Waals surface area contributed by atoms with Crippen LogP contribution in [-0.4, -0.2) is 18.1 Å². The van der Waals surface area contributed by atoms with Crippen LogP contribution in [-0.2, 0) is 9.53 Å². The molecule has 2 aromatic rings. The van der Waals surface area contributed by atoms with Crippen LogP contribution in [0.15, 0.2) is 30.5 Å². The number of nitrogens with two attached hydrogens (primary N) is 1. The molecule has 0 radical (unpaired) electrons. The number of hydrogen-bond acceptors (Lipinski definition) is 3. The minimum Gasteiger partial charge on any atom is -0.469 e. The van der Waals surface area contributed by atoms with Gasteiger partial charge in [-0.2, -0.15) is 0 Å². The van der Waals surface area contributed by atoms with Crippen LogP contribution in [0.4, 0.5) is 0 Å². The maximum absolute atomic E-state index is 11.8. The number of aromatic amines is 1. The van der Waals surface area contributed by atoms with Crippen molar-refractivity contribution in [1.82, 2.24) is 4.98 Å². The first-order valence-corrected chi connectivity index (χ1v) is 5.88. The molecule has 96 valence electrons. The standard InChI is InChI=1S/C14H18N2O2/c1-14(2,13(17)18-3)12(15)10-4-5-11-9(8-10)6-7-16-11/h4-8,12,16H,15H2,1-3H3/t12-/m0/s1. The molecule has 4 heteroatoms. The molecule has 0 spiro atoms. The molecule has 0 saturated carbocycles. The van der Waals surface area contributed by atoms with Gasteiger partial charge in [-0.05, 0) is 43.0 Å². The molecular weight excluding hydrogens is 228 g/mol. The number of methoxy groups -OCH3 is 1. The monoisotopic (exact) mass is 246 g/mol. The molecule has 0 unspecified atom stereocenters. The topological polar surface area (TPSA) is 68.1 Å². The molecule has 0 bridgehead atoms. The Morgan fingerprint density at radius 3 is 2.78 bits per heavy atom. The lowest BCUT2D eigenvalue weighted by Gasteiger charge is -2.29. The minimum absolute atomic E-state index is 0.302. The van der Waals surface area contributed by atoms with E-state index in [2.05, 4.69) is 4.98 Å². The predicted molar refractivity (Wildman–Crippen MR) is 71.0 cm³/mol. The maximum Gasteiger partial charge on any atom is 0.313 e. The summed E-state index contributed by atoms with van der Waals surface area (Å²) in [5.41, 5.74) is 7.43. The van der Waals surface area contributed by atoms with Gasteiger partial charge in [-0.1, -0.05) is 6.07 Å². The van der Waals surface area contributed by atoms with Crippen molar-refractivity contribution in [2.45, 2.75) is 19.9 Å². The number of carbonyl (C=O) groups is 1. The second-order valence-corrected chi connectivity index (χ2v) is 5.02. The van der Waals surface area contributed by atoms with E-state index < -0.39 is 11.5 Å². The van der Waals surface area contributed by atoms with Crippen LogP contribution in [0.2, 0.25) is 0 Å². The molecular formula is C14H18N2O2. The lowest BCUT2D eigenvalue weighted by Crippen LogP contribution is -2.37. The van der Waals surface area contributed by atoms with E-state index in [-0.39, 0.29) is 5.97 Å². The Labute approximate surface area is 106 Å². The fourth-order valence-electron chi connectivity index (χ4n) is 2.07. The Morgan fingerprint density at radius 2 is 2.11 bits per heavy atom. The summed E-state index contributed by atoms with van der Waals surface area (Å²) in [7, 11) is 1.38. The van der Waals surface area contributed by atoms with Crippen LogP contribution in [0.5, 0.6) is 0 Å². The summed E-state index contributed by atoms with van der Waals surface area (Å²) in [6.45, 7) is 3.59. The molecule has 1 heterocycles. The van der Waals surface area contributed by atoms with Gasteiger partial charge in [0.05, 0.1) is 12.5 Å². The zero-order valence-electron chi connectivity index (χ0n) is 10.9. The third-order valence-corrected chi connectivity index (χ3v) is 3.43. The Morgan fingerprint density at radius 1 is 1.39 bits per heavy atom. The van der Waals surface area contributed by atoms with Crippen molar-refractivity contribution in [3.05, 3.63) is 36.0 Å². The largest absolute Gasteiger partial charge is 0.469 e. The van der Waals surface area contributed by atoms with E-state index in [0.29, 0.717) is 0 Å². The number of carbonyl (C=O) groups excluding carboxylic acids is 1. The number of H-pyrrole nitrogens is 1. The third kappa shape index (κ3) is 1.99. The zero-order chi connectivity index (χ0) is 13.3. The van der Waals surface area contributed by atoms with E-state index in [0.717, 1.165) is 16.5 Å². The van der Waals surface area contributed by atoms with Gasteiger partial charge < -0.3 is 15.5 Å². The highest BCUT2D eigenvalue weighted by Gasteiger charge is 2.36. The van der Waals surface area contributed by atoms with Crippen LogP contribution in [0, 0.1) is 5.41 Å². The summed E-state index contributed by atoms with van der Waals surface area (Å²) in [4.78, 5) is 14.9. The van der Waals surface area contributed by atoms with E-state index in [4.69, 9.17) is 10.5 Å². The third-order valence-electron chi connectivity index (χ3n) is 3.43. The van der Waals surface area contributed by atoms with Crippen molar-refractivity contribution in [3.63, 3.8) is 0 Å². The number of fused-ring (bicyclic) bond motifs is 1. The molecule has 1 aromatic heterocycles. The number of nitrogens with one attached hydrogen (secondary N) is 1. The zero-order valence-corrected chi connectivity index (χ0v) is 10.9. The van der Waals surface area contributed by atoms with E-state index in [1.807, 2.05) is 30.5 Å². The highest BCUT2D eigenvalue weighted by Crippen LogP contribution is 2.33. The van der Waals surface area contributed by atoms with Gasteiger partial charge in [0.15, 0.2) is 0 Å². The number of aromatic nitrogens is 1. The number of hydrogen-bond donors (Lipinski definition) is 2. The summed E-state index contributed by atoms with van der Waals surface area (Å²) in [6.07, 6.45) is 1.88. The lowest BCUT2D eigenvalue weighted by molar-refractivity contribution is -0.152. The smallest absolute Gasteiger partial charge is 0.313 e. The fraction of sp³-hybridized carbons (Fsp3) is 0.357. The number of esters is 1. The van der Waals surface area contributed by atoms with Gasteiger partial charge in [0.1, 0.15) is 0 Å². The molecule has 4 nitrogen and oxygen atoms in total. The molecule has 0 saturated heterocycles. The first-order chi connectivity index (χ1) is 8.46. The van der Waals surface area contributed by atoms with Crippen molar-refractivity contribution < 1.29 is 9.53 Å². The summed E-state index contributed by atoms with van der Waals surface area (Å²) in [5, 5.41) is 1.09. The number of ether oxygens (including phenoxy) is 1. The van der Waals surface area contributed by atoms with Crippen LogP contribution in [0.25, 0.3) is 10.9 Å². The molecule has 0 aliphatic heterocycles. The van der Waals surface area contributed by atoms with Gasteiger partial charge in [-0.15, -0.1) is 0 Å². The molecule has 1 aromatic carbocycles. The minimum atomic E-state index is -0.751. The number of rotatable bonds is 3. The van der Waals surface area contributed by atoms with Gasteiger partial charge in [0, 0.05) is 17.8 Å². The van der Waals surface area contributed by atoms with Crippen LogP contribution in [0.1, 0.15) is 25.5 Å². The Hall–Kier alpha value is -1.81. The first kappa shape index (κ1) is 12.6. The van der Waals surface area contributed by atoms with Crippen molar-refractivity contribution in [3.8, 4) is 0 Å². The van der Waals surface area contributed by atoms with Crippen molar-refractivity contribution in [2.75, 3.05) is 7.11 Å². The van der Waals surface area contributed by atoms with Crippen LogP contribution < -0.4 is 5.73 Å². The van der Waals surface area contributed by atoms with Crippen molar-refractivity contribution in [2.24, 2.45) is 11.1 Å². The van der Waals surface area contributed by atoms with Crippen LogP contribution in [0.3, 0.4) is 0 Å². The average Bonchev–Trinajstić information content (AvgIpc) is 2.83. The van der Waals surface area contributed by atoms with Gasteiger partial charge >= 0.3 is 5.97 Å². The lowest BCUT2D eigenvalue weighted by atomic mass is 9.81. The molecule has 2 rings (SSSR count). The molecule has 0 aliphatic carbocycles. The first-order valence-electron chi connectivity index (χ1n) is 5.88. The Balaban J connectivity index is 2.38. The predicted octanol–water partition coefficient (Wildman–Crippen LogP) is 2.37. The van der Waals surface area contributed by atoms with Gasteiger partial charge in [-0.3, -0.25) is 4.79 Å². The summed E-state index contributed by atoms with van der Waals surface area (Å²) >= 11 is 0.